The summed E-state index contributed by atoms with van der Waals surface area (Å²) in [6.45, 7) is 8.68. The van der Waals surface area contributed by atoms with Crippen molar-refractivity contribution in [2.75, 3.05) is 45.0 Å². The van der Waals surface area contributed by atoms with E-state index in [1.807, 2.05) is 54.6 Å². The normalized spacial score (nSPS) is 29.1. The number of piperidine rings is 2. The van der Waals surface area contributed by atoms with E-state index in [4.69, 9.17) is 20.6 Å². The second-order valence-corrected chi connectivity index (χ2v) is 18.0. The first-order valence-electron chi connectivity index (χ1n) is 20.4. The van der Waals surface area contributed by atoms with E-state index in [1.54, 1.807) is 6.33 Å². The monoisotopic (exact) mass is 714 g/mol. The smallest absolute Gasteiger partial charge is 0.223 e. The van der Waals surface area contributed by atoms with Crippen molar-refractivity contribution in [3.8, 4) is 22.8 Å². The third-order valence-electron chi connectivity index (χ3n) is 14.5. The number of nitrogens with two attached hydrogens (primary N) is 1. The van der Waals surface area contributed by atoms with Gasteiger partial charge in [-0.05, 0) is 131 Å². The van der Waals surface area contributed by atoms with E-state index in [1.165, 1.54) is 51.4 Å². The minimum absolute atomic E-state index is 0.201. The number of hydrogen-bond acceptors (Lipinski definition) is 8. The van der Waals surface area contributed by atoms with Gasteiger partial charge in [-0.1, -0.05) is 18.2 Å². The molecule has 0 radical (unpaired) electrons. The zero-order valence-corrected chi connectivity index (χ0v) is 31.2. The summed E-state index contributed by atoms with van der Waals surface area (Å²) in [5.74, 6) is 5.22. The SMILES string of the molecule is CC1(N2CCC(n3nc(-c4ccc(Oc5ccccc5)cc4)c4c(N)ncnc43)CC2)CCN(C2CN(C(=O)CC34CC5CC(CC(C5)C3)C4)C2)CC1. The van der Waals surface area contributed by atoms with Crippen LogP contribution in [0.15, 0.2) is 60.9 Å². The molecule has 10 nitrogen and oxygen atoms in total. The Morgan fingerprint density at radius 1 is 0.830 bits per heavy atom. The number of hydrogen-bond donors (Lipinski definition) is 1. The van der Waals surface area contributed by atoms with Crippen LogP contribution in [-0.2, 0) is 4.79 Å². The Morgan fingerprint density at radius 2 is 1.47 bits per heavy atom. The minimum Gasteiger partial charge on any atom is -0.457 e. The van der Waals surface area contributed by atoms with Crippen molar-refractivity contribution < 1.29 is 9.53 Å². The van der Waals surface area contributed by atoms with Crippen molar-refractivity contribution in [1.29, 1.82) is 0 Å². The Labute approximate surface area is 313 Å². The fraction of sp³-hybridized carbons (Fsp3) is 0.581. The van der Waals surface area contributed by atoms with Crippen LogP contribution in [0.2, 0.25) is 0 Å². The first-order valence-corrected chi connectivity index (χ1v) is 20.4. The second kappa shape index (κ2) is 13.1. The molecule has 7 fully saturated rings. The number of aromatic nitrogens is 4. The molecule has 3 aliphatic heterocycles. The zero-order chi connectivity index (χ0) is 35.7. The predicted molar refractivity (Wildman–Crippen MR) is 206 cm³/mol. The number of anilines is 1. The van der Waals surface area contributed by atoms with Gasteiger partial charge >= 0.3 is 0 Å². The highest BCUT2D eigenvalue weighted by atomic mass is 16.5. The number of carbonyl (C=O) groups excluding carboxylic acids is 1. The molecule has 4 bridgehead atoms. The first kappa shape index (κ1) is 33.5. The van der Waals surface area contributed by atoms with Crippen LogP contribution in [0.5, 0.6) is 11.5 Å². The molecule has 10 heteroatoms. The van der Waals surface area contributed by atoms with E-state index in [9.17, 15) is 4.79 Å². The van der Waals surface area contributed by atoms with Crippen molar-refractivity contribution in [2.24, 2.45) is 23.2 Å². The number of benzene rings is 2. The van der Waals surface area contributed by atoms with E-state index < -0.39 is 0 Å². The molecule has 7 aliphatic rings. The van der Waals surface area contributed by atoms with E-state index in [2.05, 4.69) is 31.3 Å². The lowest BCUT2D eigenvalue weighted by molar-refractivity contribution is -0.147. The number of rotatable bonds is 8. The van der Waals surface area contributed by atoms with Gasteiger partial charge in [-0.3, -0.25) is 14.6 Å². The molecule has 2 aromatic heterocycles. The molecule has 0 atom stereocenters. The van der Waals surface area contributed by atoms with Gasteiger partial charge in [0.15, 0.2) is 5.65 Å². The lowest BCUT2D eigenvalue weighted by Crippen LogP contribution is -2.65. The fourth-order valence-corrected chi connectivity index (χ4v) is 11.9. The molecule has 5 heterocycles. The van der Waals surface area contributed by atoms with Crippen molar-refractivity contribution in [3.05, 3.63) is 60.9 Å². The molecule has 0 spiro atoms. The first-order chi connectivity index (χ1) is 25.8. The lowest BCUT2D eigenvalue weighted by Gasteiger charge is -2.57. The number of carbonyl (C=O) groups is 1. The maximum atomic E-state index is 13.5. The summed E-state index contributed by atoms with van der Waals surface area (Å²) in [7, 11) is 0. The summed E-state index contributed by atoms with van der Waals surface area (Å²) in [6.07, 6.45) is 15.1. The van der Waals surface area contributed by atoms with Gasteiger partial charge in [0, 0.05) is 62.8 Å². The van der Waals surface area contributed by atoms with Gasteiger partial charge in [0.1, 0.15) is 29.3 Å². The highest BCUT2D eigenvalue weighted by Gasteiger charge is 2.52. The topological polar surface area (TPSA) is 106 Å². The number of ether oxygens (including phenoxy) is 1. The summed E-state index contributed by atoms with van der Waals surface area (Å²) in [5, 5.41) is 5.98. The lowest BCUT2D eigenvalue weighted by atomic mass is 9.49. The fourth-order valence-electron chi connectivity index (χ4n) is 11.9. The summed E-state index contributed by atoms with van der Waals surface area (Å²) in [4.78, 5) is 30.2. The second-order valence-electron chi connectivity index (χ2n) is 18.0. The number of nitrogens with zero attached hydrogens (tertiary/aromatic N) is 7. The van der Waals surface area contributed by atoms with Gasteiger partial charge in [0.2, 0.25) is 5.91 Å². The minimum atomic E-state index is 0.201. The Kier molecular flexibility index (Phi) is 8.28. The summed E-state index contributed by atoms with van der Waals surface area (Å²) >= 11 is 0. The van der Waals surface area contributed by atoms with E-state index in [0.29, 0.717) is 23.2 Å². The molecule has 4 aliphatic carbocycles. The van der Waals surface area contributed by atoms with Crippen LogP contribution < -0.4 is 10.5 Å². The number of amides is 1. The van der Waals surface area contributed by atoms with E-state index in [0.717, 1.165) is 110 Å². The van der Waals surface area contributed by atoms with Crippen molar-refractivity contribution >= 4 is 22.8 Å². The molecule has 2 N–H and O–H groups in total. The third kappa shape index (κ3) is 6.19. The van der Waals surface area contributed by atoms with Gasteiger partial charge in [-0.25, -0.2) is 14.6 Å². The summed E-state index contributed by atoms with van der Waals surface area (Å²) < 4.78 is 8.15. The average molecular weight is 715 g/mol. The van der Waals surface area contributed by atoms with Gasteiger partial charge in [0.25, 0.3) is 0 Å². The molecule has 278 valence electrons. The van der Waals surface area contributed by atoms with Crippen LogP contribution in [0, 0.1) is 23.2 Å². The Bertz CT molecular complexity index is 1920. The molecule has 53 heavy (non-hydrogen) atoms. The highest BCUT2D eigenvalue weighted by molar-refractivity contribution is 5.98. The number of nitrogen functional groups attached to an aromatic ring is 1. The molecule has 2 aromatic carbocycles. The van der Waals surface area contributed by atoms with Crippen LogP contribution in [-0.4, -0.2) is 91.2 Å². The third-order valence-corrected chi connectivity index (χ3v) is 14.5. The van der Waals surface area contributed by atoms with Crippen LogP contribution in [0.25, 0.3) is 22.3 Å². The number of fused-ring (bicyclic) bond motifs is 1. The molecule has 3 saturated heterocycles. The van der Waals surface area contributed by atoms with Gasteiger partial charge in [-0.15, -0.1) is 0 Å². The molecule has 1 amide bonds. The molecule has 4 saturated carbocycles. The summed E-state index contributed by atoms with van der Waals surface area (Å²) in [5.41, 5.74) is 9.61. The Balaban J connectivity index is 0.743. The Morgan fingerprint density at radius 3 is 2.13 bits per heavy atom. The van der Waals surface area contributed by atoms with Crippen molar-refractivity contribution in [2.45, 2.75) is 95.2 Å². The quantitative estimate of drug-likeness (QED) is 0.205. The van der Waals surface area contributed by atoms with Crippen LogP contribution in [0.4, 0.5) is 5.82 Å². The van der Waals surface area contributed by atoms with Gasteiger partial charge < -0.3 is 15.4 Å². The van der Waals surface area contributed by atoms with Crippen molar-refractivity contribution in [1.82, 2.24) is 34.4 Å². The highest BCUT2D eigenvalue weighted by Crippen LogP contribution is 2.61. The molecule has 11 rings (SSSR count). The largest absolute Gasteiger partial charge is 0.457 e. The number of likely N-dealkylation sites (tertiary alicyclic amines) is 3. The zero-order valence-electron chi connectivity index (χ0n) is 31.2. The Hall–Kier alpha value is -4.02. The maximum Gasteiger partial charge on any atom is 0.223 e. The molecule has 0 unspecified atom stereocenters. The average Bonchev–Trinajstić information content (AvgIpc) is 3.53. The van der Waals surface area contributed by atoms with Gasteiger partial charge in [0.05, 0.1) is 11.4 Å². The molecular formula is C43H54N8O2. The molecular weight excluding hydrogens is 661 g/mol. The van der Waals surface area contributed by atoms with Gasteiger partial charge in [-0.2, -0.15) is 5.10 Å². The predicted octanol–water partition coefficient (Wildman–Crippen LogP) is 7.18. The van der Waals surface area contributed by atoms with Crippen molar-refractivity contribution in [3.63, 3.8) is 0 Å². The number of para-hydroxylation sites is 1. The maximum absolute atomic E-state index is 13.5. The van der Waals surface area contributed by atoms with E-state index >= 15 is 0 Å². The van der Waals surface area contributed by atoms with Crippen LogP contribution in [0.3, 0.4) is 0 Å². The van der Waals surface area contributed by atoms with E-state index in [-0.39, 0.29) is 11.6 Å². The van der Waals surface area contributed by atoms with Crippen LogP contribution >= 0.6 is 0 Å². The standard InChI is InChI=1S/C43H54N8O2/c1-42(13-17-48(18-14-42)34-26-49(27-34)37(52)25-43-22-29-19-30(23-43)21-31(20-29)24-43)50-15-11-33(12-16-50)51-41-38(40(44)45-28-46-41)39(47-51)32-7-9-36(10-8-32)53-35-5-3-2-4-6-35/h2-10,28-31,33-34H,11-27H2,1H3,(H2,44,45,46). The van der Waals surface area contributed by atoms with Crippen LogP contribution in [0.1, 0.15) is 83.6 Å². The molecule has 4 aromatic rings. The summed E-state index contributed by atoms with van der Waals surface area (Å²) in [6, 6.07) is 18.6.